The lowest BCUT2D eigenvalue weighted by Crippen LogP contribution is -2.56. The van der Waals surface area contributed by atoms with Crippen molar-refractivity contribution in [1.29, 1.82) is 0 Å². The van der Waals surface area contributed by atoms with Crippen molar-refractivity contribution < 1.29 is 36.2 Å². The van der Waals surface area contributed by atoms with E-state index in [1.165, 1.54) is 0 Å². The van der Waals surface area contributed by atoms with Crippen LogP contribution in [0, 0.1) is 23.2 Å². The average Bonchev–Trinajstić information content (AvgIpc) is 2.83. The maximum atomic E-state index is 12.6. The van der Waals surface area contributed by atoms with Crippen molar-refractivity contribution in [2.24, 2.45) is 11.3 Å². The lowest BCUT2D eigenvalue weighted by molar-refractivity contribution is -0.365. The molecule has 144 valence electrons. The van der Waals surface area contributed by atoms with Gasteiger partial charge in [-0.2, -0.15) is 26.3 Å². The molecule has 0 aromatic heterocycles. The number of hydrogen-bond donors (Lipinski definition) is 1. The number of carbonyl (C=O) groups is 1. The average molecular weight is 380 g/mol. The summed E-state index contributed by atoms with van der Waals surface area (Å²) in [6.07, 6.45) is -9.67. The van der Waals surface area contributed by atoms with Crippen LogP contribution < -0.4 is 0 Å². The van der Waals surface area contributed by atoms with Gasteiger partial charge in [0.2, 0.25) is 0 Å². The Kier molecular flexibility index (Phi) is 5.10. The largest absolute Gasteiger partial charge is 0.427 e. The van der Waals surface area contributed by atoms with Crippen molar-refractivity contribution >= 4 is 5.78 Å². The lowest BCUT2D eigenvalue weighted by Gasteiger charge is -2.37. The van der Waals surface area contributed by atoms with E-state index in [0.29, 0.717) is 31.3 Å². The number of allylic oxidation sites excluding steroid dienone is 3. The summed E-state index contributed by atoms with van der Waals surface area (Å²) in [6, 6.07) is 0. The van der Waals surface area contributed by atoms with Crippen LogP contribution in [0.1, 0.15) is 39.0 Å². The fourth-order valence-corrected chi connectivity index (χ4v) is 3.69. The summed E-state index contributed by atoms with van der Waals surface area (Å²) >= 11 is 0. The number of Topliss-reactive ketones (excluding diaryl/α,β-unsaturated/α-hetero) is 1. The summed E-state index contributed by atoms with van der Waals surface area (Å²) in [5.41, 5.74) is -4.78. The van der Waals surface area contributed by atoms with E-state index in [4.69, 9.17) is 5.11 Å². The highest BCUT2D eigenvalue weighted by Crippen LogP contribution is 2.53. The van der Waals surface area contributed by atoms with Gasteiger partial charge in [0.05, 0.1) is 6.42 Å². The Hall–Kier alpha value is -1.75. The monoisotopic (exact) mass is 380 g/mol. The minimum Gasteiger partial charge on any atom is -0.373 e. The molecule has 0 aromatic rings. The summed E-state index contributed by atoms with van der Waals surface area (Å²) in [6.45, 7) is 5.48. The van der Waals surface area contributed by atoms with Gasteiger partial charge in [0.25, 0.3) is 5.60 Å². The number of carbonyl (C=O) groups excluding carboxylic acids is 1. The third-order valence-corrected chi connectivity index (χ3v) is 5.30. The zero-order valence-corrected chi connectivity index (χ0v) is 14.0. The Morgan fingerprint density at radius 2 is 1.88 bits per heavy atom. The maximum Gasteiger partial charge on any atom is 0.427 e. The molecule has 0 radical (unpaired) electrons. The van der Waals surface area contributed by atoms with E-state index in [2.05, 4.69) is 12.5 Å². The molecule has 0 heterocycles. The Balaban J connectivity index is 2.20. The SMILES string of the molecule is C=C(C#CCC(O)(C(F)(F)F)C(F)(F)F)C1=CC[C@H]2C(=O)CCC[C@]12C. The molecule has 1 saturated carbocycles. The van der Waals surface area contributed by atoms with Gasteiger partial charge in [-0.05, 0) is 24.8 Å². The van der Waals surface area contributed by atoms with E-state index in [9.17, 15) is 31.1 Å². The van der Waals surface area contributed by atoms with Gasteiger partial charge >= 0.3 is 12.4 Å². The fraction of sp³-hybridized carbons (Fsp3) is 0.611. The van der Waals surface area contributed by atoms with Gasteiger partial charge in [-0.1, -0.05) is 31.4 Å². The molecule has 0 saturated heterocycles. The van der Waals surface area contributed by atoms with Crippen molar-refractivity contribution in [1.82, 2.24) is 0 Å². The third kappa shape index (κ3) is 3.29. The lowest BCUT2D eigenvalue weighted by atomic mass is 9.65. The van der Waals surface area contributed by atoms with E-state index < -0.39 is 29.8 Å². The van der Waals surface area contributed by atoms with E-state index in [0.717, 1.165) is 0 Å². The quantitative estimate of drug-likeness (QED) is 0.566. The Morgan fingerprint density at radius 1 is 1.31 bits per heavy atom. The Bertz CT molecular complexity index is 690. The van der Waals surface area contributed by atoms with Crippen LogP contribution in [0.2, 0.25) is 0 Å². The van der Waals surface area contributed by atoms with Gasteiger partial charge in [-0.3, -0.25) is 4.79 Å². The van der Waals surface area contributed by atoms with Crippen molar-refractivity contribution in [3.05, 3.63) is 23.8 Å². The van der Waals surface area contributed by atoms with E-state index in [1.807, 2.05) is 6.92 Å². The van der Waals surface area contributed by atoms with Crippen LogP contribution in [0.25, 0.3) is 0 Å². The minimum absolute atomic E-state index is 0.0800. The number of hydrogen-bond acceptors (Lipinski definition) is 2. The summed E-state index contributed by atoms with van der Waals surface area (Å²) in [4.78, 5) is 12.0. The van der Waals surface area contributed by atoms with Crippen LogP contribution in [0.5, 0.6) is 0 Å². The first-order chi connectivity index (χ1) is 11.7. The zero-order valence-electron chi connectivity index (χ0n) is 14.0. The summed E-state index contributed by atoms with van der Waals surface area (Å²) in [5.74, 6) is 3.82. The second-order valence-electron chi connectivity index (χ2n) is 6.96. The maximum absolute atomic E-state index is 12.6. The van der Waals surface area contributed by atoms with Crippen molar-refractivity contribution in [2.45, 2.75) is 57.0 Å². The van der Waals surface area contributed by atoms with Gasteiger partial charge in [0.1, 0.15) is 5.78 Å². The fourth-order valence-electron chi connectivity index (χ4n) is 3.69. The van der Waals surface area contributed by atoms with Gasteiger partial charge < -0.3 is 5.11 Å². The number of rotatable bonds is 2. The predicted molar refractivity (Wildman–Crippen MR) is 81.7 cm³/mol. The molecule has 0 spiro atoms. The van der Waals surface area contributed by atoms with Gasteiger partial charge in [-0.15, -0.1) is 0 Å². The van der Waals surface area contributed by atoms with E-state index in [1.54, 1.807) is 12.0 Å². The molecular formula is C18H18F6O2. The number of aliphatic hydroxyl groups is 1. The highest BCUT2D eigenvalue weighted by Gasteiger charge is 2.70. The molecule has 0 bridgehead atoms. The van der Waals surface area contributed by atoms with E-state index >= 15 is 0 Å². The number of halogens is 6. The van der Waals surface area contributed by atoms with Gasteiger partial charge in [-0.25, -0.2) is 0 Å². The molecule has 26 heavy (non-hydrogen) atoms. The van der Waals surface area contributed by atoms with Crippen LogP contribution in [-0.4, -0.2) is 28.8 Å². The van der Waals surface area contributed by atoms with Crippen LogP contribution in [0.4, 0.5) is 26.3 Å². The van der Waals surface area contributed by atoms with Gasteiger partial charge in [0, 0.05) is 23.3 Å². The number of fused-ring (bicyclic) bond motifs is 1. The molecule has 2 nitrogen and oxygen atoms in total. The Labute approximate surface area is 147 Å². The molecule has 0 amide bonds. The molecule has 2 atom stereocenters. The normalized spacial score (nSPS) is 26.7. The summed E-state index contributed by atoms with van der Waals surface area (Å²) in [5, 5.41) is 9.09. The second-order valence-corrected chi connectivity index (χ2v) is 6.96. The topological polar surface area (TPSA) is 37.3 Å². The van der Waals surface area contributed by atoms with Crippen molar-refractivity contribution in [3.63, 3.8) is 0 Å². The summed E-state index contributed by atoms with van der Waals surface area (Å²) < 4.78 is 75.9. The van der Waals surface area contributed by atoms with Crippen molar-refractivity contribution in [2.75, 3.05) is 0 Å². The van der Waals surface area contributed by atoms with Crippen LogP contribution in [-0.2, 0) is 4.79 Å². The highest BCUT2D eigenvalue weighted by molar-refractivity contribution is 5.84. The molecule has 2 aliphatic rings. The van der Waals surface area contributed by atoms with E-state index in [-0.39, 0.29) is 17.3 Å². The van der Waals surface area contributed by atoms with Crippen molar-refractivity contribution in [3.8, 4) is 11.8 Å². The molecule has 0 aromatic carbocycles. The second kappa shape index (κ2) is 6.45. The first-order valence-corrected chi connectivity index (χ1v) is 8.01. The molecule has 1 fully saturated rings. The zero-order chi connectivity index (χ0) is 20.0. The summed E-state index contributed by atoms with van der Waals surface area (Å²) in [7, 11) is 0. The number of ketones is 1. The molecule has 0 unspecified atom stereocenters. The first kappa shape index (κ1) is 20.6. The smallest absolute Gasteiger partial charge is 0.373 e. The molecule has 2 rings (SSSR count). The number of alkyl halides is 6. The molecule has 2 aliphatic carbocycles. The van der Waals surface area contributed by atoms with Gasteiger partial charge in [0.15, 0.2) is 0 Å². The molecule has 0 aliphatic heterocycles. The minimum atomic E-state index is -5.90. The van der Waals surface area contributed by atoms with Crippen LogP contribution in [0.3, 0.4) is 0 Å². The first-order valence-electron chi connectivity index (χ1n) is 8.01. The molecule has 8 heteroatoms. The molecule has 1 N–H and O–H groups in total. The predicted octanol–water partition coefficient (Wildman–Crippen LogP) is 4.50. The molecular weight excluding hydrogens is 362 g/mol. The standard InChI is InChI=1S/C18H18F6O2/c1-11(5-3-10-16(26,17(19,20)21)18(22,23)24)12-7-8-13-14(25)6-4-9-15(12,13)2/h7,13,26H,1,4,6,8-10H2,2H3/t13-,15+/m0/s1. The third-order valence-electron chi connectivity index (χ3n) is 5.30. The highest BCUT2D eigenvalue weighted by atomic mass is 19.4. The Morgan fingerprint density at radius 3 is 2.42 bits per heavy atom. The van der Waals surface area contributed by atoms with Crippen LogP contribution >= 0.6 is 0 Å². The van der Waals surface area contributed by atoms with Crippen LogP contribution in [0.15, 0.2) is 23.8 Å².